The van der Waals surface area contributed by atoms with Crippen molar-refractivity contribution in [2.24, 2.45) is 11.8 Å². The standard InChI is InChI=1S/C14H19FN2O2/c15-12-4-11(5-13(16)6-12)14(19)17-7-9-2-1-3-10(9)8-18/h4-6,9-10,18H,1-3,7-8,16H2,(H,17,19). The maximum absolute atomic E-state index is 13.2. The molecule has 0 spiro atoms. The molecule has 4 nitrogen and oxygen atoms in total. The number of carbonyl (C=O) groups excluding carboxylic acids is 1. The lowest BCUT2D eigenvalue weighted by atomic mass is 9.97. The Bertz CT molecular complexity index is 445. The van der Waals surface area contributed by atoms with Gasteiger partial charge in [0.05, 0.1) is 0 Å². The minimum Gasteiger partial charge on any atom is -0.399 e. The highest BCUT2D eigenvalue weighted by Crippen LogP contribution is 2.30. The van der Waals surface area contributed by atoms with Crippen molar-refractivity contribution in [2.75, 3.05) is 18.9 Å². The van der Waals surface area contributed by atoms with Crippen LogP contribution in [0, 0.1) is 17.7 Å². The van der Waals surface area contributed by atoms with Crippen LogP contribution in [-0.4, -0.2) is 24.2 Å². The second kappa shape index (κ2) is 6.02. The number of benzene rings is 1. The molecule has 1 aliphatic carbocycles. The molecule has 0 aliphatic heterocycles. The van der Waals surface area contributed by atoms with E-state index in [4.69, 9.17) is 5.73 Å². The minimum absolute atomic E-state index is 0.160. The Balaban J connectivity index is 1.94. The summed E-state index contributed by atoms with van der Waals surface area (Å²) in [4.78, 5) is 11.9. The van der Waals surface area contributed by atoms with Gasteiger partial charge in [0.15, 0.2) is 0 Å². The van der Waals surface area contributed by atoms with Gasteiger partial charge in [-0.25, -0.2) is 4.39 Å². The Morgan fingerprint density at radius 3 is 2.79 bits per heavy atom. The quantitative estimate of drug-likeness (QED) is 0.724. The van der Waals surface area contributed by atoms with E-state index in [0.717, 1.165) is 19.3 Å². The number of amides is 1. The lowest BCUT2D eigenvalue weighted by Gasteiger charge is -2.17. The molecule has 1 aromatic carbocycles. The molecule has 1 aliphatic rings. The molecule has 0 bridgehead atoms. The molecule has 5 heteroatoms. The van der Waals surface area contributed by atoms with Gasteiger partial charge in [0.2, 0.25) is 0 Å². The molecule has 4 N–H and O–H groups in total. The number of halogens is 1. The van der Waals surface area contributed by atoms with E-state index in [2.05, 4.69) is 5.32 Å². The third kappa shape index (κ3) is 3.44. The fourth-order valence-electron chi connectivity index (χ4n) is 2.69. The van der Waals surface area contributed by atoms with E-state index in [1.54, 1.807) is 0 Å². The van der Waals surface area contributed by atoms with Crippen molar-refractivity contribution in [1.82, 2.24) is 5.32 Å². The number of anilines is 1. The molecule has 1 amide bonds. The molecule has 0 aromatic heterocycles. The number of hydrogen-bond acceptors (Lipinski definition) is 3. The molecule has 2 rings (SSSR count). The van der Waals surface area contributed by atoms with E-state index in [1.807, 2.05) is 0 Å². The monoisotopic (exact) mass is 266 g/mol. The first-order valence-corrected chi connectivity index (χ1v) is 6.55. The molecule has 104 valence electrons. The summed E-state index contributed by atoms with van der Waals surface area (Å²) >= 11 is 0. The number of carbonyl (C=O) groups is 1. The Labute approximate surface area is 111 Å². The number of nitrogen functional groups attached to an aromatic ring is 1. The van der Waals surface area contributed by atoms with E-state index in [-0.39, 0.29) is 29.7 Å². The third-order valence-electron chi connectivity index (χ3n) is 3.76. The molecule has 1 aromatic rings. The summed E-state index contributed by atoms with van der Waals surface area (Å²) in [6, 6.07) is 3.80. The number of rotatable bonds is 4. The van der Waals surface area contributed by atoms with Crippen LogP contribution in [-0.2, 0) is 0 Å². The summed E-state index contributed by atoms with van der Waals surface area (Å²) in [6.45, 7) is 0.675. The molecule has 0 heterocycles. The van der Waals surface area contributed by atoms with Crippen LogP contribution in [0.1, 0.15) is 29.6 Å². The molecular weight excluding hydrogens is 247 g/mol. The normalized spacial score (nSPS) is 22.4. The van der Waals surface area contributed by atoms with E-state index in [0.29, 0.717) is 12.5 Å². The Morgan fingerprint density at radius 2 is 2.11 bits per heavy atom. The number of aliphatic hydroxyl groups excluding tert-OH is 1. The van der Waals surface area contributed by atoms with Crippen molar-refractivity contribution >= 4 is 11.6 Å². The summed E-state index contributed by atoms with van der Waals surface area (Å²) in [7, 11) is 0. The van der Waals surface area contributed by atoms with E-state index in [9.17, 15) is 14.3 Å². The Morgan fingerprint density at radius 1 is 1.37 bits per heavy atom. The van der Waals surface area contributed by atoms with Crippen molar-refractivity contribution in [1.29, 1.82) is 0 Å². The van der Waals surface area contributed by atoms with Crippen LogP contribution in [0.25, 0.3) is 0 Å². The molecular formula is C14H19FN2O2. The van der Waals surface area contributed by atoms with E-state index >= 15 is 0 Å². The second-order valence-corrected chi connectivity index (χ2v) is 5.12. The average Bonchev–Trinajstić information content (AvgIpc) is 2.82. The van der Waals surface area contributed by atoms with Crippen molar-refractivity contribution in [3.63, 3.8) is 0 Å². The van der Waals surface area contributed by atoms with Crippen molar-refractivity contribution in [2.45, 2.75) is 19.3 Å². The largest absolute Gasteiger partial charge is 0.399 e. The molecule has 1 saturated carbocycles. The van der Waals surface area contributed by atoms with E-state index in [1.165, 1.54) is 18.2 Å². The molecule has 1 fully saturated rings. The summed E-state index contributed by atoms with van der Waals surface area (Å²) < 4.78 is 13.2. The average molecular weight is 266 g/mol. The van der Waals surface area contributed by atoms with Gasteiger partial charge in [-0.05, 0) is 42.9 Å². The maximum Gasteiger partial charge on any atom is 0.251 e. The first-order chi connectivity index (χ1) is 9.10. The predicted molar refractivity (Wildman–Crippen MR) is 71.1 cm³/mol. The second-order valence-electron chi connectivity index (χ2n) is 5.12. The third-order valence-corrected chi connectivity index (χ3v) is 3.76. The van der Waals surface area contributed by atoms with Gasteiger partial charge in [-0.1, -0.05) is 6.42 Å². The van der Waals surface area contributed by atoms with Crippen LogP contribution in [0.15, 0.2) is 18.2 Å². The summed E-state index contributed by atoms with van der Waals surface area (Å²) in [5, 5.41) is 12.0. The zero-order chi connectivity index (χ0) is 13.8. The summed E-state index contributed by atoms with van der Waals surface area (Å²) in [6.07, 6.45) is 3.10. The first kappa shape index (κ1) is 13.8. The SMILES string of the molecule is Nc1cc(F)cc(C(=O)NCC2CCCC2CO)c1. The van der Waals surface area contributed by atoms with Crippen LogP contribution in [0.4, 0.5) is 10.1 Å². The van der Waals surface area contributed by atoms with Gasteiger partial charge in [0, 0.05) is 24.4 Å². The van der Waals surface area contributed by atoms with Gasteiger partial charge in [-0.3, -0.25) is 4.79 Å². The van der Waals surface area contributed by atoms with Crippen molar-refractivity contribution in [3.8, 4) is 0 Å². The zero-order valence-electron chi connectivity index (χ0n) is 10.7. The van der Waals surface area contributed by atoms with Crippen LogP contribution in [0.2, 0.25) is 0 Å². The van der Waals surface area contributed by atoms with Gasteiger partial charge >= 0.3 is 0 Å². The lowest BCUT2D eigenvalue weighted by molar-refractivity contribution is 0.0937. The fourth-order valence-corrected chi connectivity index (χ4v) is 2.69. The Hall–Kier alpha value is -1.62. The van der Waals surface area contributed by atoms with Crippen LogP contribution >= 0.6 is 0 Å². The van der Waals surface area contributed by atoms with Crippen LogP contribution in [0.5, 0.6) is 0 Å². The molecule has 0 saturated heterocycles. The number of aliphatic hydroxyl groups is 1. The van der Waals surface area contributed by atoms with Gasteiger partial charge in [-0.15, -0.1) is 0 Å². The lowest BCUT2D eigenvalue weighted by Crippen LogP contribution is -2.31. The van der Waals surface area contributed by atoms with E-state index < -0.39 is 5.82 Å². The number of hydrogen-bond donors (Lipinski definition) is 3. The molecule has 2 unspecified atom stereocenters. The highest BCUT2D eigenvalue weighted by atomic mass is 19.1. The van der Waals surface area contributed by atoms with Gasteiger partial charge in [0.25, 0.3) is 5.91 Å². The number of nitrogens with one attached hydrogen (secondary N) is 1. The molecule has 0 radical (unpaired) electrons. The topological polar surface area (TPSA) is 75.4 Å². The highest BCUT2D eigenvalue weighted by Gasteiger charge is 2.26. The van der Waals surface area contributed by atoms with Gasteiger partial charge in [-0.2, -0.15) is 0 Å². The van der Waals surface area contributed by atoms with Crippen molar-refractivity contribution < 1.29 is 14.3 Å². The summed E-state index contributed by atoms with van der Waals surface area (Å²) in [5.41, 5.74) is 5.97. The number of nitrogens with two attached hydrogens (primary N) is 1. The zero-order valence-corrected chi connectivity index (χ0v) is 10.7. The van der Waals surface area contributed by atoms with Crippen molar-refractivity contribution in [3.05, 3.63) is 29.6 Å². The molecule has 2 atom stereocenters. The smallest absolute Gasteiger partial charge is 0.251 e. The Kier molecular flexibility index (Phi) is 4.37. The maximum atomic E-state index is 13.2. The van der Waals surface area contributed by atoms with Gasteiger partial charge in [0.1, 0.15) is 5.82 Å². The van der Waals surface area contributed by atoms with Gasteiger partial charge < -0.3 is 16.2 Å². The highest BCUT2D eigenvalue weighted by molar-refractivity contribution is 5.95. The van der Waals surface area contributed by atoms with Crippen LogP contribution < -0.4 is 11.1 Å². The minimum atomic E-state index is -0.515. The first-order valence-electron chi connectivity index (χ1n) is 6.55. The molecule has 19 heavy (non-hydrogen) atoms. The fraction of sp³-hybridized carbons (Fsp3) is 0.500. The summed E-state index contributed by atoms with van der Waals surface area (Å²) in [5.74, 6) is -0.272. The predicted octanol–water partition coefficient (Wildman–Crippen LogP) is 1.55. The van der Waals surface area contributed by atoms with Crippen LogP contribution in [0.3, 0.4) is 0 Å².